The molecule has 0 bridgehead atoms. The molecule has 1 aromatic carbocycles. The zero-order valence-corrected chi connectivity index (χ0v) is 11.8. The molecule has 0 radical (unpaired) electrons. The fourth-order valence-electron chi connectivity index (χ4n) is 1.43. The van der Waals surface area contributed by atoms with Gasteiger partial charge in [0.05, 0.1) is 11.1 Å². The smallest absolute Gasteiger partial charge is 0.261 e. The Morgan fingerprint density at radius 1 is 1.58 bits per heavy atom. The van der Waals surface area contributed by atoms with E-state index in [4.69, 9.17) is 16.3 Å². The summed E-state index contributed by atoms with van der Waals surface area (Å²) in [6.07, 6.45) is 0.337. The minimum Gasteiger partial charge on any atom is -0.479 e. The van der Waals surface area contributed by atoms with Crippen molar-refractivity contribution in [1.29, 1.82) is 0 Å². The maximum absolute atomic E-state index is 11.6. The molecule has 19 heavy (non-hydrogen) atoms. The van der Waals surface area contributed by atoms with Gasteiger partial charge >= 0.3 is 0 Å². The Morgan fingerprint density at radius 3 is 2.79 bits per heavy atom. The summed E-state index contributed by atoms with van der Waals surface area (Å²) in [5.41, 5.74) is 0.695. The predicted octanol–water partition coefficient (Wildman–Crippen LogP) is 2.46. The highest BCUT2D eigenvalue weighted by Crippen LogP contribution is 2.28. The van der Waals surface area contributed by atoms with E-state index in [-0.39, 0.29) is 5.91 Å². The maximum Gasteiger partial charge on any atom is 0.261 e. The summed E-state index contributed by atoms with van der Waals surface area (Å²) in [7, 11) is 0. The Balaban J connectivity index is 2.71. The standard InChI is InChI=1S/C14H18ClNO3/c1-4-7-16-14(18)10(3)19-13-6-5-11(9(2)17)8-12(13)15/h4-6,8-10,17H,1,7H2,2-3H3,(H,16,18)/t9-,10?/m0/s1. The molecule has 1 rings (SSSR count). The van der Waals surface area contributed by atoms with Gasteiger partial charge in [0.25, 0.3) is 5.91 Å². The van der Waals surface area contributed by atoms with Crippen molar-refractivity contribution in [3.8, 4) is 5.75 Å². The molecule has 1 aromatic rings. The topological polar surface area (TPSA) is 58.6 Å². The van der Waals surface area contributed by atoms with Gasteiger partial charge < -0.3 is 15.2 Å². The Bertz CT molecular complexity index is 460. The first-order valence-electron chi connectivity index (χ1n) is 5.98. The first-order chi connectivity index (χ1) is 8.95. The highest BCUT2D eigenvalue weighted by Gasteiger charge is 2.15. The van der Waals surface area contributed by atoms with Gasteiger partial charge in [-0.2, -0.15) is 0 Å². The fourth-order valence-corrected chi connectivity index (χ4v) is 1.67. The van der Waals surface area contributed by atoms with E-state index >= 15 is 0 Å². The Hall–Kier alpha value is -1.52. The van der Waals surface area contributed by atoms with E-state index < -0.39 is 12.2 Å². The molecule has 0 heterocycles. The fraction of sp³-hybridized carbons (Fsp3) is 0.357. The normalized spacial score (nSPS) is 13.5. The molecule has 2 N–H and O–H groups in total. The van der Waals surface area contributed by atoms with Gasteiger partial charge in [0.1, 0.15) is 5.75 Å². The lowest BCUT2D eigenvalue weighted by Crippen LogP contribution is -2.36. The average molecular weight is 284 g/mol. The lowest BCUT2D eigenvalue weighted by molar-refractivity contribution is -0.127. The molecule has 104 valence electrons. The number of ether oxygens (including phenoxy) is 1. The van der Waals surface area contributed by atoms with Crippen LogP contribution in [0.2, 0.25) is 5.02 Å². The first-order valence-corrected chi connectivity index (χ1v) is 6.36. The highest BCUT2D eigenvalue weighted by molar-refractivity contribution is 6.32. The summed E-state index contributed by atoms with van der Waals surface area (Å²) in [5.74, 6) is 0.169. The monoisotopic (exact) mass is 283 g/mol. The Labute approximate surface area is 118 Å². The van der Waals surface area contributed by atoms with Crippen LogP contribution in [0.3, 0.4) is 0 Å². The van der Waals surface area contributed by atoms with Gasteiger partial charge in [-0.3, -0.25) is 4.79 Å². The van der Waals surface area contributed by atoms with Crippen molar-refractivity contribution in [1.82, 2.24) is 5.32 Å². The summed E-state index contributed by atoms with van der Waals surface area (Å²) in [4.78, 5) is 11.6. The number of hydrogen-bond acceptors (Lipinski definition) is 3. The van der Waals surface area contributed by atoms with Gasteiger partial charge in [-0.25, -0.2) is 0 Å². The zero-order chi connectivity index (χ0) is 14.4. The SMILES string of the molecule is C=CCNC(=O)C(C)Oc1ccc([C@H](C)O)cc1Cl. The molecule has 1 amide bonds. The van der Waals surface area contributed by atoms with Crippen LogP contribution in [0.15, 0.2) is 30.9 Å². The van der Waals surface area contributed by atoms with Crippen LogP contribution in [0.1, 0.15) is 25.5 Å². The number of aliphatic hydroxyl groups is 1. The number of rotatable bonds is 6. The van der Waals surface area contributed by atoms with Crippen molar-refractivity contribution >= 4 is 17.5 Å². The number of amides is 1. The van der Waals surface area contributed by atoms with Crippen molar-refractivity contribution < 1.29 is 14.6 Å². The minimum absolute atomic E-state index is 0.240. The van der Waals surface area contributed by atoms with E-state index in [0.29, 0.717) is 22.9 Å². The largest absolute Gasteiger partial charge is 0.479 e. The molecule has 0 saturated carbocycles. The average Bonchev–Trinajstić information content (AvgIpc) is 2.37. The number of nitrogens with one attached hydrogen (secondary N) is 1. The molecule has 0 aliphatic rings. The van der Waals surface area contributed by atoms with E-state index in [0.717, 1.165) is 0 Å². The van der Waals surface area contributed by atoms with Gasteiger partial charge in [0.15, 0.2) is 6.10 Å². The van der Waals surface area contributed by atoms with Crippen LogP contribution in [0.4, 0.5) is 0 Å². The zero-order valence-electron chi connectivity index (χ0n) is 11.0. The van der Waals surface area contributed by atoms with Gasteiger partial charge in [-0.1, -0.05) is 23.7 Å². The van der Waals surface area contributed by atoms with E-state index in [9.17, 15) is 9.90 Å². The van der Waals surface area contributed by atoms with Crippen LogP contribution in [0.5, 0.6) is 5.75 Å². The lowest BCUT2D eigenvalue weighted by atomic mass is 10.1. The molecule has 0 aliphatic heterocycles. The molecular formula is C14H18ClNO3. The molecule has 4 nitrogen and oxygen atoms in total. The third kappa shape index (κ3) is 4.58. The number of carbonyl (C=O) groups is 1. The summed E-state index contributed by atoms with van der Waals surface area (Å²) in [6, 6.07) is 4.97. The second kappa shape index (κ2) is 7.16. The molecule has 0 fully saturated rings. The molecule has 1 unspecified atom stereocenters. The molecule has 0 aliphatic carbocycles. The van der Waals surface area contributed by atoms with Crippen LogP contribution in [0, 0.1) is 0 Å². The number of carbonyl (C=O) groups excluding carboxylic acids is 1. The lowest BCUT2D eigenvalue weighted by Gasteiger charge is -2.16. The summed E-state index contributed by atoms with van der Waals surface area (Å²) in [5, 5.41) is 12.4. The van der Waals surface area contributed by atoms with Gasteiger partial charge in [-0.15, -0.1) is 6.58 Å². The minimum atomic E-state index is -0.658. The highest BCUT2D eigenvalue weighted by atomic mass is 35.5. The van der Waals surface area contributed by atoms with Crippen LogP contribution in [-0.4, -0.2) is 23.7 Å². The Kier molecular flexibility index (Phi) is 5.86. The van der Waals surface area contributed by atoms with Crippen LogP contribution in [-0.2, 0) is 4.79 Å². The van der Waals surface area contributed by atoms with E-state index in [1.54, 1.807) is 38.1 Å². The van der Waals surface area contributed by atoms with Gasteiger partial charge in [0, 0.05) is 6.54 Å². The predicted molar refractivity (Wildman–Crippen MR) is 75.4 cm³/mol. The number of halogens is 1. The molecule has 0 spiro atoms. The quantitative estimate of drug-likeness (QED) is 0.789. The number of benzene rings is 1. The Morgan fingerprint density at radius 2 is 2.26 bits per heavy atom. The van der Waals surface area contributed by atoms with Crippen molar-refractivity contribution in [2.24, 2.45) is 0 Å². The molecule has 0 aromatic heterocycles. The maximum atomic E-state index is 11.6. The van der Waals surface area contributed by atoms with E-state index in [1.165, 1.54) is 0 Å². The summed E-state index contributed by atoms with van der Waals surface area (Å²) in [6.45, 7) is 7.19. The number of aliphatic hydroxyl groups excluding tert-OH is 1. The van der Waals surface area contributed by atoms with Crippen LogP contribution < -0.4 is 10.1 Å². The third-order valence-corrected chi connectivity index (χ3v) is 2.83. The number of hydrogen-bond donors (Lipinski definition) is 2. The van der Waals surface area contributed by atoms with Crippen molar-refractivity contribution in [3.63, 3.8) is 0 Å². The molecule has 5 heteroatoms. The van der Waals surface area contributed by atoms with Crippen LogP contribution >= 0.6 is 11.6 Å². The second-order valence-electron chi connectivity index (χ2n) is 4.16. The van der Waals surface area contributed by atoms with Crippen molar-refractivity contribution in [2.45, 2.75) is 26.1 Å². The summed E-state index contributed by atoms with van der Waals surface area (Å²) < 4.78 is 5.48. The third-order valence-electron chi connectivity index (χ3n) is 2.53. The van der Waals surface area contributed by atoms with Crippen molar-refractivity contribution in [3.05, 3.63) is 41.4 Å². The first kappa shape index (κ1) is 15.5. The van der Waals surface area contributed by atoms with Crippen LogP contribution in [0.25, 0.3) is 0 Å². The molecule has 0 saturated heterocycles. The second-order valence-corrected chi connectivity index (χ2v) is 4.57. The van der Waals surface area contributed by atoms with Gasteiger partial charge in [0.2, 0.25) is 0 Å². The van der Waals surface area contributed by atoms with E-state index in [1.807, 2.05) is 0 Å². The van der Waals surface area contributed by atoms with Gasteiger partial charge in [-0.05, 0) is 31.5 Å². The molecule has 2 atom stereocenters. The van der Waals surface area contributed by atoms with E-state index in [2.05, 4.69) is 11.9 Å². The summed E-state index contributed by atoms with van der Waals surface area (Å²) >= 11 is 6.04. The molecular weight excluding hydrogens is 266 g/mol. The van der Waals surface area contributed by atoms with Crippen molar-refractivity contribution in [2.75, 3.05) is 6.54 Å².